The summed E-state index contributed by atoms with van der Waals surface area (Å²) in [6.45, 7) is 4.03. The van der Waals surface area contributed by atoms with Crippen LogP contribution in [-0.4, -0.2) is 38.4 Å². The van der Waals surface area contributed by atoms with Gasteiger partial charge in [-0.1, -0.05) is 17.8 Å². The van der Waals surface area contributed by atoms with Gasteiger partial charge in [-0.25, -0.2) is 13.5 Å². The number of tetrazole rings is 1. The molecule has 2 rings (SSSR count). The lowest BCUT2D eigenvalue weighted by atomic mass is 10.1. The number of nitrogens with one attached hydrogen (secondary N) is 1. The molecule has 1 heterocycles. The summed E-state index contributed by atoms with van der Waals surface area (Å²) in [5, 5.41) is 14.4. The Morgan fingerprint density at radius 1 is 1.35 bits per heavy atom. The summed E-state index contributed by atoms with van der Waals surface area (Å²) < 4.78 is 28.5. The molecule has 0 fully saturated rings. The van der Waals surface area contributed by atoms with E-state index in [4.69, 9.17) is 0 Å². The molecule has 0 bridgehead atoms. The van der Waals surface area contributed by atoms with E-state index in [1.165, 1.54) is 30.0 Å². The second kappa shape index (κ2) is 8.00. The van der Waals surface area contributed by atoms with Gasteiger partial charge in [-0.2, -0.15) is 0 Å². The maximum atomic E-state index is 13.4. The van der Waals surface area contributed by atoms with Gasteiger partial charge in [0.2, 0.25) is 11.1 Å². The predicted molar refractivity (Wildman–Crippen MR) is 82.0 cm³/mol. The maximum Gasteiger partial charge on any atom is 0.230 e. The third kappa shape index (κ3) is 4.72. The topological polar surface area (TPSA) is 72.7 Å². The Kier molecular flexibility index (Phi) is 6.03. The highest BCUT2D eigenvalue weighted by Gasteiger charge is 2.12. The van der Waals surface area contributed by atoms with Crippen LogP contribution in [0.5, 0.6) is 0 Å². The molecule has 0 aliphatic carbocycles. The highest BCUT2D eigenvalue weighted by Crippen LogP contribution is 2.17. The van der Waals surface area contributed by atoms with Gasteiger partial charge in [-0.05, 0) is 42.8 Å². The second-order valence-electron chi connectivity index (χ2n) is 5.09. The van der Waals surface area contributed by atoms with Crippen molar-refractivity contribution in [1.82, 2.24) is 25.5 Å². The van der Waals surface area contributed by atoms with E-state index in [1.807, 2.05) is 13.8 Å². The van der Waals surface area contributed by atoms with E-state index in [-0.39, 0.29) is 36.2 Å². The molecule has 1 aromatic carbocycles. The molecular formula is C14H17F2N5OS. The van der Waals surface area contributed by atoms with Gasteiger partial charge in [0.25, 0.3) is 0 Å². The van der Waals surface area contributed by atoms with Crippen molar-refractivity contribution in [2.45, 2.75) is 31.5 Å². The van der Waals surface area contributed by atoms with Crippen LogP contribution in [0.25, 0.3) is 0 Å². The number of benzene rings is 1. The summed E-state index contributed by atoms with van der Waals surface area (Å²) >= 11 is 1.21. The van der Waals surface area contributed by atoms with Crippen molar-refractivity contribution >= 4 is 17.7 Å². The molecule has 0 spiro atoms. The first-order valence-electron chi connectivity index (χ1n) is 7.09. The van der Waals surface area contributed by atoms with Gasteiger partial charge in [0.15, 0.2) is 0 Å². The lowest BCUT2D eigenvalue weighted by Crippen LogP contribution is -2.28. The van der Waals surface area contributed by atoms with Gasteiger partial charge >= 0.3 is 0 Å². The van der Waals surface area contributed by atoms with Gasteiger partial charge in [0, 0.05) is 12.1 Å². The fraction of sp³-hybridized carbons (Fsp3) is 0.429. The van der Waals surface area contributed by atoms with E-state index in [9.17, 15) is 13.6 Å². The van der Waals surface area contributed by atoms with Crippen molar-refractivity contribution in [3.05, 3.63) is 35.4 Å². The van der Waals surface area contributed by atoms with E-state index < -0.39 is 11.6 Å². The Morgan fingerprint density at radius 3 is 2.70 bits per heavy atom. The number of halogens is 2. The minimum Gasteiger partial charge on any atom is -0.355 e. The fourth-order valence-electron chi connectivity index (χ4n) is 1.88. The summed E-state index contributed by atoms with van der Waals surface area (Å²) in [6.07, 6.45) is 0.0959. The van der Waals surface area contributed by atoms with E-state index >= 15 is 0 Å². The lowest BCUT2D eigenvalue weighted by Gasteiger charge is -2.08. The van der Waals surface area contributed by atoms with E-state index in [1.54, 1.807) is 4.68 Å². The molecule has 0 aliphatic rings. The largest absolute Gasteiger partial charge is 0.355 e. The van der Waals surface area contributed by atoms with Crippen LogP contribution in [0.2, 0.25) is 0 Å². The number of hydrogen-bond donors (Lipinski definition) is 1. The highest BCUT2D eigenvalue weighted by atomic mass is 32.2. The average molecular weight is 341 g/mol. The van der Waals surface area contributed by atoms with Crippen molar-refractivity contribution in [2.24, 2.45) is 0 Å². The van der Waals surface area contributed by atoms with Crippen LogP contribution in [0, 0.1) is 11.6 Å². The molecule has 0 saturated carbocycles. The fourth-order valence-corrected chi connectivity index (χ4v) is 2.72. The molecule has 23 heavy (non-hydrogen) atoms. The van der Waals surface area contributed by atoms with E-state index in [2.05, 4.69) is 20.8 Å². The molecule has 0 radical (unpaired) electrons. The van der Waals surface area contributed by atoms with Crippen LogP contribution in [0.3, 0.4) is 0 Å². The molecular weight excluding hydrogens is 324 g/mol. The van der Waals surface area contributed by atoms with Crippen LogP contribution in [0.1, 0.15) is 25.5 Å². The van der Waals surface area contributed by atoms with E-state index in [0.717, 1.165) is 0 Å². The van der Waals surface area contributed by atoms with Gasteiger partial charge in [-0.15, -0.1) is 5.10 Å². The van der Waals surface area contributed by atoms with Gasteiger partial charge in [0.1, 0.15) is 11.6 Å². The molecule has 0 aliphatic heterocycles. The van der Waals surface area contributed by atoms with Crippen LogP contribution < -0.4 is 5.32 Å². The van der Waals surface area contributed by atoms with Crippen molar-refractivity contribution in [3.63, 3.8) is 0 Å². The molecule has 0 saturated heterocycles. The monoisotopic (exact) mass is 341 g/mol. The highest BCUT2D eigenvalue weighted by molar-refractivity contribution is 7.99. The molecule has 2 aromatic rings. The number of aromatic nitrogens is 4. The second-order valence-corrected chi connectivity index (χ2v) is 6.03. The Labute approximate surface area is 136 Å². The van der Waals surface area contributed by atoms with Crippen molar-refractivity contribution < 1.29 is 13.6 Å². The first-order valence-corrected chi connectivity index (χ1v) is 8.08. The Bertz CT molecular complexity index is 657. The summed E-state index contributed by atoms with van der Waals surface area (Å²) in [6, 6.07) is 3.80. The van der Waals surface area contributed by atoms with Crippen molar-refractivity contribution in [3.8, 4) is 0 Å². The predicted octanol–water partition coefficient (Wildman–Crippen LogP) is 1.98. The first-order chi connectivity index (χ1) is 11.0. The third-order valence-corrected chi connectivity index (χ3v) is 3.98. The smallest absolute Gasteiger partial charge is 0.230 e. The molecule has 1 aromatic heterocycles. The summed E-state index contributed by atoms with van der Waals surface area (Å²) in [5.74, 6) is -1.33. The number of carbonyl (C=O) groups is 1. The number of carbonyl (C=O) groups excluding carboxylic acids is 1. The standard InChI is InChI=1S/C14H17F2N5OS/c1-9(2)21-14(18-19-20-21)23-8-13(22)17-7-6-10-11(15)4-3-5-12(10)16/h3-5,9H,6-8H2,1-2H3,(H,17,22). The zero-order valence-corrected chi connectivity index (χ0v) is 13.6. The van der Waals surface area contributed by atoms with E-state index in [0.29, 0.717) is 5.16 Å². The Hall–Kier alpha value is -2.03. The molecule has 124 valence electrons. The van der Waals surface area contributed by atoms with Crippen LogP contribution in [0.15, 0.2) is 23.4 Å². The Morgan fingerprint density at radius 2 is 2.04 bits per heavy atom. The van der Waals surface area contributed by atoms with Crippen molar-refractivity contribution in [1.29, 1.82) is 0 Å². The zero-order valence-electron chi connectivity index (χ0n) is 12.8. The lowest BCUT2D eigenvalue weighted by molar-refractivity contribution is -0.118. The number of amides is 1. The van der Waals surface area contributed by atoms with Crippen LogP contribution >= 0.6 is 11.8 Å². The van der Waals surface area contributed by atoms with Gasteiger partial charge < -0.3 is 5.32 Å². The normalized spacial score (nSPS) is 11.0. The molecule has 6 nitrogen and oxygen atoms in total. The Balaban J connectivity index is 1.78. The quantitative estimate of drug-likeness (QED) is 0.780. The first kappa shape index (κ1) is 17.3. The number of rotatable bonds is 7. The SMILES string of the molecule is CC(C)n1nnnc1SCC(=O)NCCc1c(F)cccc1F. The summed E-state index contributed by atoms with van der Waals surface area (Å²) in [5.41, 5.74) is -0.0239. The van der Waals surface area contributed by atoms with Gasteiger partial charge in [-0.3, -0.25) is 4.79 Å². The molecule has 0 atom stereocenters. The molecule has 9 heteroatoms. The summed E-state index contributed by atoms with van der Waals surface area (Å²) in [7, 11) is 0. The van der Waals surface area contributed by atoms with Crippen LogP contribution in [-0.2, 0) is 11.2 Å². The van der Waals surface area contributed by atoms with Crippen LogP contribution in [0.4, 0.5) is 8.78 Å². The molecule has 1 amide bonds. The number of nitrogens with zero attached hydrogens (tertiary/aromatic N) is 4. The van der Waals surface area contributed by atoms with Gasteiger partial charge in [0.05, 0.1) is 11.8 Å². The number of thioether (sulfide) groups is 1. The average Bonchev–Trinajstić information content (AvgIpc) is 2.97. The molecule has 1 N–H and O–H groups in total. The minimum atomic E-state index is -0.607. The summed E-state index contributed by atoms with van der Waals surface area (Å²) in [4.78, 5) is 11.8. The minimum absolute atomic E-state index is 0.0239. The zero-order chi connectivity index (χ0) is 16.8. The maximum absolute atomic E-state index is 13.4. The van der Waals surface area contributed by atoms with Crippen molar-refractivity contribution in [2.75, 3.05) is 12.3 Å². The molecule has 0 unspecified atom stereocenters. The number of hydrogen-bond acceptors (Lipinski definition) is 5. The third-order valence-electron chi connectivity index (χ3n) is 3.04.